The van der Waals surface area contributed by atoms with Crippen molar-refractivity contribution < 1.29 is 15.3 Å². The highest BCUT2D eigenvalue weighted by Crippen LogP contribution is 1.83. The van der Waals surface area contributed by atoms with Crippen LogP contribution in [0.25, 0.3) is 0 Å². The van der Waals surface area contributed by atoms with Crippen LogP contribution in [-0.4, -0.2) is 34.1 Å². The first-order valence-electron chi connectivity index (χ1n) is 4.01. The monoisotopic (exact) mass is 164 g/mol. The van der Waals surface area contributed by atoms with E-state index < -0.39 is 0 Å². The zero-order chi connectivity index (χ0) is 9.28. The smallest absolute Gasteiger partial charge is 0.0533 e. The summed E-state index contributed by atoms with van der Waals surface area (Å²) in [7, 11) is 0. The maximum atomic E-state index is 8.39. The van der Waals surface area contributed by atoms with Gasteiger partial charge in [0.15, 0.2) is 0 Å². The lowest BCUT2D eigenvalue weighted by atomic mass is 10.3. The van der Waals surface area contributed by atoms with Crippen LogP contribution in [0.2, 0.25) is 0 Å². The second-order valence-electron chi connectivity index (χ2n) is 2.62. The van der Waals surface area contributed by atoms with Crippen LogP contribution in [0.5, 0.6) is 0 Å². The minimum Gasteiger partial charge on any atom is -0.396 e. The van der Waals surface area contributed by atoms with Crippen LogP contribution in [0.15, 0.2) is 0 Å². The number of aliphatic hydroxyl groups excluding tert-OH is 3. The molecule has 0 saturated carbocycles. The molecule has 70 valence electrons. The zero-order valence-electron chi connectivity index (χ0n) is 7.62. The molecule has 0 saturated heterocycles. The molecule has 0 bridgehead atoms. The second-order valence-corrected chi connectivity index (χ2v) is 2.62. The molecule has 0 aliphatic heterocycles. The van der Waals surface area contributed by atoms with Crippen molar-refractivity contribution in [3.63, 3.8) is 0 Å². The molecule has 0 aliphatic rings. The average Bonchev–Trinajstić information content (AvgIpc) is 1.89. The summed E-state index contributed by atoms with van der Waals surface area (Å²) in [6.45, 7) is 5.46. The normalized spacial score (nSPS) is 14.7. The highest BCUT2D eigenvalue weighted by atomic mass is 16.3. The zero-order valence-corrected chi connectivity index (χ0v) is 7.62. The molecule has 0 fully saturated rings. The van der Waals surface area contributed by atoms with Gasteiger partial charge in [0.05, 0.1) is 12.2 Å². The Bertz CT molecular complexity index is 62.4. The summed E-state index contributed by atoms with van der Waals surface area (Å²) in [5.74, 6) is 0. The molecule has 0 amide bonds. The van der Waals surface area contributed by atoms with Crippen LogP contribution in [-0.2, 0) is 0 Å². The van der Waals surface area contributed by atoms with Gasteiger partial charge in [-0.2, -0.15) is 0 Å². The fourth-order valence-electron chi connectivity index (χ4n) is 0.187. The Morgan fingerprint density at radius 2 is 1.45 bits per heavy atom. The molecule has 0 aromatic carbocycles. The van der Waals surface area contributed by atoms with E-state index >= 15 is 0 Å². The van der Waals surface area contributed by atoms with Gasteiger partial charge in [-0.3, -0.25) is 0 Å². The molecule has 0 aromatic heterocycles. The largest absolute Gasteiger partial charge is 0.396 e. The van der Waals surface area contributed by atoms with Crippen LogP contribution < -0.4 is 0 Å². The van der Waals surface area contributed by atoms with Crippen molar-refractivity contribution in [2.24, 2.45) is 0 Å². The van der Waals surface area contributed by atoms with Gasteiger partial charge in [-0.25, -0.2) is 0 Å². The van der Waals surface area contributed by atoms with Crippen LogP contribution in [0.3, 0.4) is 0 Å². The Kier molecular flexibility index (Phi) is 12.1. The lowest BCUT2D eigenvalue weighted by Crippen LogP contribution is -2.00. The maximum Gasteiger partial charge on any atom is 0.0533 e. The molecule has 0 heterocycles. The molecule has 2 unspecified atom stereocenters. The molecule has 3 heteroatoms. The molecule has 3 nitrogen and oxygen atoms in total. The molecule has 0 aliphatic carbocycles. The van der Waals surface area contributed by atoms with Crippen molar-refractivity contribution in [2.45, 2.75) is 45.8 Å². The van der Waals surface area contributed by atoms with Gasteiger partial charge in [0.25, 0.3) is 0 Å². The van der Waals surface area contributed by atoms with E-state index in [0.717, 1.165) is 6.42 Å². The summed E-state index contributed by atoms with van der Waals surface area (Å²) in [4.78, 5) is 0. The third-order valence-electron chi connectivity index (χ3n) is 1.14. The molecule has 2 atom stereocenters. The summed E-state index contributed by atoms with van der Waals surface area (Å²) >= 11 is 0. The Hall–Kier alpha value is -0.120. The molecule has 0 rings (SSSR count). The fourth-order valence-corrected chi connectivity index (χ4v) is 0.187. The third kappa shape index (κ3) is 25.8. The third-order valence-corrected chi connectivity index (χ3v) is 1.14. The number of hydrogen-bond acceptors (Lipinski definition) is 3. The quantitative estimate of drug-likeness (QED) is 0.570. The van der Waals surface area contributed by atoms with Crippen molar-refractivity contribution in [3.05, 3.63) is 0 Å². The van der Waals surface area contributed by atoms with Gasteiger partial charge in [-0.05, 0) is 26.7 Å². The topological polar surface area (TPSA) is 60.7 Å². The first-order chi connectivity index (χ1) is 5.04. The van der Waals surface area contributed by atoms with E-state index in [-0.39, 0.29) is 18.8 Å². The maximum absolute atomic E-state index is 8.39. The van der Waals surface area contributed by atoms with Gasteiger partial charge in [-0.1, -0.05) is 6.92 Å². The van der Waals surface area contributed by atoms with E-state index in [1.54, 1.807) is 13.8 Å². The Morgan fingerprint density at radius 3 is 1.45 bits per heavy atom. The lowest BCUT2D eigenvalue weighted by molar-refractivity contribution is 0.148. The van der Waals surface area contributed by atoms with Gasteiger partial charge < -0.3 is 15.3 Å². The number of aliphatic hydroxyl groups is 3. The predicted molar refractivity (Wildman–Crippen MR) is 45.4 cm³/mol. The van der Waals surface area contributed by atoms with Crippen LogP contribution >= 0.6 is 0 Å². The first kappa shape index (κ1) is 13.5. The fraction of sp³-hybridized carbons (Fsp3) is 1.00. The van der Waals surface area contributed by atoms with Crippen LogP contribution in [0.1, 0.15) is 33.6 Å². The standard InChI is InChI=1S/C4H10O2.C4H10O/c1-4(6)2-3-5;1-3-4(2)5/h4-6H,2-3H2,1H3;4-5H,3H2,1-2H3. The van der Waals surface area contributed by atoms with Gasteiger partial charge in [0.2, 0.25) is 0 Å². The first-order valence-corrected chi connectivity index (χ1v) is 4.01. The second kappa shape index (κ2) is 9.88. The van der Waals surface area contributed by atoms with E-state index in [1.165, 1.54) is 0 Å². The van der Waals surface area contributed by atoms with Gasteiger partial charge in [-0.15, -0.1) is 0 Å². The van der Waals surface area contributed by atoms with E-state index in [9.17, 15) is 0 Å². The molecule has 3 N–H and O–H groups in total. The van der Waals surface area contributed by atoms with E-state index in [4.69, 9.17) is 15.3 Å². The summed E-state index contributed by atoms with van der Waals surface area (Å²) in [5.41, 5.74) is 0. The van der Waals surface area contributed by atoms with E-state index in [1.807, 2.05) is 6.92 Å². The van der Waals surface area contributed by atoms with E-state index in [0.29, 0.717) is 6.42 Å². The Balaban J connectivity index is 0. The highest BCUT2D eigenvalue weighted by Gasteiger charge is 1.88. The number of rotatable bonds is 3. The summed E-state index contributed by atoms with van der Waals surface area (Å²) in [5, 5.41) is 24.8. The van der Waals surface area contributed by atoms with Crippen molar-refractivity contribution in [1.29, 1.82) is 0 Å². The lowest BCUT2D eigenvalue weighted by Gasteiger charge is -1.95. The SMILES string of the molecule is CC(O)CCO.CCC(C)O. The van der Waals surface area contributed by atoms with Gasteiger partial charge >= 0.3 is 0 Å². The van der Waals surface area contributed by atoms with Crippen molar-refractivity contribution in [2.75, 3.05) is 6.61 Å². The summed E-state index contributed by atoms with van der Waals surface area (Å²) in [6, 6.07) is 0. The molecular formula is C8H20O3. The van der Waals surface area contributed by atoms with Gasteiger partial charge in [0.1, 0.15) is 0 Å². The van der Waals surface area contributed by atoms with Crippen LogP contribution in [0, 0.1) is 0 Å². The van der Waals surface area contributed by atoms with E-state index in [2.05, 4.69) is 0 Å². The average molecular weight is 164 g/mol. The molecule has 0 aromatic rings. The molecular weight excluding hydrogens is 144 g/mol. The predicted octanol–water partition coefficient (Wildman–Crippen LogP) is 0.527. The molecule has 11 heavy (non-hydrogen) atoms. The Morgan fingerprint density at radius 1 is 1.09 bits per heavy atom. The highest BCUT2D eigenvalue weighted by molar-refractivity contribution is 4.40. The summed E-state index contributed by atoms with van der Waals surface area (Å²) in [6.07, 6.45) is 0.880. The van der Waals surface area contributed by atoms with Gasteiger partial charge in [0, 0.05) is 6.61 Å². The minimum absolute atomic E-state index is 0.0810. The van der Waals surface area contributed by atoms with Crippen molar-refractivity contribution >= 4 is 0 Å². The molecule has 0 radical (unpaired) electrons. The van der Waals surface area contributed by atoms with Crippen molar-refractivity contribution in [1.82, 2.24) is 0 Å². The van der Waals surface area contributed by atoms with Crippen molar-refractivity contribution in [3.8, 4) is 0 Å². The number of hydrogen-bond donors (Lipinski definition) is 3. The molecule has 0 spiro atoms. The Labute approximate surface area is 68.7 Å². The minimum atomic E-state index is -0.352. The summed E-state index contributed by atoms with van der Waals surface area (Å²) < 4.78 is 0. The van der Waals surface area contributed by atoms with Crippen LogP contribution in [0.4, 0.5) is 0 Å².